The average molecular weight is 260 g/mol. The summed E-state index contributed by atoms with van der Waals surface area (Å²) >= 11 is 0. The second-order valence-electron chi connectivity index (χ2n) is 5.37. The summed E-state index contributed by atoms with van der Waals surface area (Å²) in [6.45, 7) is 8.75. The highest BCUT2D eigenvalue weighted by Gasteiger charge is 2.12. The summed E-state index contributed by atoms with van der Waals surface area (Å²) < 4.78 is 1.92. The van der Waals surface area contributed by atoms with Crippen LogP contribution in [0.2, 0.25) is 0 Å². The van der Waals surface area contributed by atoms with Crippen LogP contribution in [0.3, 0.4) is 0 Å². The first-order valence-corrected chi connectivity index (χ1v) is 7.26. The zero-order chi connectivity index (χ0) is 13.8. The van der Waals surface area contributed by atoms with Crippen LogP contribution in [0.15, 0.2) is 18.5 Å². The third-order valence-corrected chi connectivity index (χ3v) is 3.47. The van der Waals surface area contributed by atoms with Crippen molar-refractivity contribution in [3.05, 3.63) is 24.2 Å². The van der Waals surface area contributed by atoms with Gasteiger partial charge in [-0.2, -0.15) is 5.10 Å². The molecule has 2 aromatic rings. The molecule has 0 aliphatic carbocycles. The molecule has 0 aliphatic rings. The fourth-order valence-electron chi connectivity index (χ4n) is 2.25. The molecule has 2 rings (SSSR count). The van der Waals surface area contributed by atoms with Crippen molar-refractivity contribution < 1.29 is 0 Å². The quantitative estimate of drug-likeness (QED) is 0.858. The van der Waals surface area contributed by atoms with E-state index in [1.807, 2.05) is 16.9 Å². The predicted octanol–water partition coefficient (Wildman–Crippen LogP) is 3.84. The molecule has 1 N–H and O–H groups in total. The zero-order valence-electron chi connectivity index (χ0n) is 12.3. The number of aromatic nitrogens is 3. The summed E-state index contributed by atoms with van der Waals surface area (Å²) in [5.74, 6) is 1.38. The van der Waals surface area contributed by atoms with E-state index in [4.69, 9.17) is 0 Å². The SMILES string of the molecule is CCCC(CC)Nc1nccn2nc(C(C)C)cc12. The monoisotopic (exact) mass is 260 g/mol. The molecule has 2 aromatic heterocycles. The zero-order valence-corrected chi connectivity index (χ0v) is 12.3. The van der Waals surface area contributed by atoms with Crippen LogP contribution in [0, 0.1) is 0 Å². The third kappa shape index (κ3) is 3.06. The summed E-state index contributed by atoms with van der Waals surface area (Å²) in [7, 11) is 0. The summed E-state index contributed by atoms with van der Waals surface area (Å²) in [6.07, 6.45) is 7.19. The molecule has 2 heterocycles. The average Bonchev–Trinajstić information content (AvgIpc) is 2.83. The number of rotatable bonds is 6. The van der Waals surface area contributed by atoms with Gasteiger partial charge >= 0.3 is 0 Å². The number of anilines is 1. The molecular weight excluding hydrogens is 236 g/mol. The molecule has 4 heteroatoms. The topological polar surface area (TPSA) is 42.2 Å². The van der Waals surface area contributed by atoms with E-state index in [1.165, 1.54) is 12.8 Å². The standard InChI is InChI=1S/C15H24N4/c1-5-7-12(6-2)17-15-14-10-13(11(3)4)18-19(14)9-8-16-15/h8-12H,5-7H2,1-4H3,(H,16,17). The lowest BCUT2D eigenvalue weighted by molar-refractivity contribution is 0.620. The highest BCUT2D eigenvalue weighted by atomic mass is 15.2. The lowest BCUT2D eigenvalue weighted by atomic mass is 10.1. The van der Waals surface area contributed by atoms with Crippen LogP contribution in [0.4, 0.5) is 5.82 Å². The highest BCUT2D eigenvalue weighted by molar-refractivity contribution is 5.68. The molecule has 4 nitrogen and oxygen atoms in total. The molecule has 0 fully saturated rings. The molecule has 0 amide bonds. The summed E-state index contributed by atoms with van der Waals surface area (Å²) in [5, 5.41) is 8.14. The minimum absolute atomic E-state index is 0.436. The van der Waals surface area contributed by atoms with Gasteiger partial charge in [0.25, 0.3) is 0 Å². The van der Waals surface area contributed by atoms with E-state index in [0.29, 0.717) is 12.0 Å². The van der Waals surface area contributed by atoms with Gasteiger partial charge in [0.15, 0.2) is 5.82 Å². The normalized spacial score (nSPS) is 13.1. The minimum atomic E-state index is 0.436. The van der Waals surface area contributed by atoms with E-state index in [-0.39, 0.29) is 0 Å². The van der Waals surface area contributed by atoms with Crippen LogP contribution >= 0.6 is 0 Å². The number of hydrogen-bond donors (Lipinski definition) is 1. The van der Waals surface area contributed by atoms with Crippen molar-refractivity contribution in [3.8, 4) is 0 Å². The predicted molar refractivity (Wildman–Crippen MR) is 79.7 cm³/mol. The van der Waals surface area contributed by atoms with Gasteiger partial charge in [0.2, 0.25) is 0 Å². The van der Waals surface area contributed by atoms with Gasteiger partial charge in [0.05, 0.1) is 5.69 Å². The van der Waals surface area contributed by atoms with Crippen LogP contribution in [-0.2, 0) is 0 Å². The van der Waals surface area contributed by atoms with Gasteiger partial charge < -0.3 is 5.32 Å². The Morgan fingerprint density at radius 2 is 2.11 bits per heavy atom. The Labute approximate surface area is 115 Å². The molecule has 104 valence electrons. The molecule has 0 spiro atoms. The van der Waals surface area contributed by atoms with Crippen LogP contribution in [-0.4, -0.2) is 20.6 Å². The van der Waals surface area contributed by atoms with Crippen LogP contribution in [0.5, 0.6) is 0 Å². The number of fused-ring (bicyclic) bond motifs is 1. The van der Waals surface area contributed by atoms with E-state index >= 15 is 0 Å². The fraction of sp³-hybridized carbons (Fsp3) is 0.600. The summed E-state index contributed by atoms with van der Waals surface area (Å²) in [5.41, 5.74) is 2.18. The van der Waals surface area contributed by atoms with Crippen molar-refractivity contribution in [2.24, 2.45) is 0 Å². The van der Waals surface area contributed by atoms with Crippen LogP contribution < -0.4 is 5.32 Å². The van der Waals surface area contributed by atoms with Gasteiger partial charge in [-0.25, -0.2) is 9.50 Å². The van der Waals surface area contributed by atoms with Crippen molar-refractivity contribution >= 4 is 11.3 Å². The van der Waals surface area contributed by atoms with E-state index in [0.717, 1.165) is 23.4 Å². The van der Waals surface area contributed by atoms with E-state index in [1.54, 1.807) is 0 Å². The Bertz CT molecular complexity index is 530. The maximum absolute atomic E-state index is 4.59. The molecule has 0 saturated carbocycles. The summed E-state index contributed by atoms with van der Waals surface area (Å²) in [6, 6.07) is 2.62. The minimum Gasteiger partial charge on any atom is -0.366 e. The highest BCUT2D eigenvalue weighted by Crippen LogP contribution is 2.21. The van der Waals surface area contributed by atoms with Gasteiger partial charge in [-0.1, -0.05) is 34.1 Å². The Hall–Kier alpha value is -1.58. The number of nitrogens with zero attached hydrogens (tertiary/aromatic N) is 3. The lowest BCUT2D eigenvalue weighted by Crippen LogP contribution is -2.19. The molecule has 0 aliphatic heterocycles. The van der Waals surface area contributed by atoms with Crippen molar-refractivity contribution in [1.82, 2.24) is 14.6 Å². The first-order valence-electron chi connectivity index (χ1n) is 7.26. The van der Waals surface area contributed by atoms with Gasteiger partial charge in [-0.15, -0.1) is 0 Å². The first-order chi connectivity index (χ1) is 9.15. The van der Waals surface area contributed by atoms with Crippen molar-refractivity contribution in [2.75, 3.05) is 5.32 Å². The molecular formula is C15H24N4. The Balaban J connectivity index is 2.32. The van der Waals surface area contributed by atoms with Crippen molar-refractivity contribution in [3.63, 3.8) is 0 Å². The molecule has 0 radical (unpaired) electrons. The number of hydrogen-bond acceptors (Lipinski definition) is 3. The number of nitrogens with one attached hydrogen (secondary N) is 1. The van der Waals surface area contributed by atoms with E-state index < -0.39 is 0 Å². The van der Waals surface area contributed by atoms with Crippen LogP contribution in [0.1, 0.15) is 58.6 Å². The first kappa shape index (κ1) is 13.8. The Morgan fingerprint density at radius 3 is 2.74 bits per heavy atom. The third-order valence-electron chi connectivity index (χ3n) is 3.47. The van der Waals surface area contributed by atoms with Gasteiger partial charge in [-0.05, 0) is 24.8 Å². The molecule has 1 unspecified atom stereocenters. The van der Waals surface area contributed by atoms with E-state index in [2.05, 4.69) is 49.2 Å². The van der Waals surface area contributed by atoms with E-state index in [9.17, 15) is 0 Å². The molecule has 1 atom stereocenters. The van der Waals surface area contributed by atoms with Crippen molar-refractivity contribution in [1.29, 1.82) is 0 Å². The maximum Gasteiger partial charge on any atom is 0.152 e. The molecule has 0 aromatic carbocycles. The van der Waals surface area contributed by atoms with Crippen molar-refractivity contribution in [2.45, 2.75) is 58.9 Å². The second-order valence-corrected chi connectivity index (χ2v) is 5.37. The molecule has 19 heavy (non-hydrogen) atoms. The smallest absolute Gasteiger partial charge is 0.152 e. The van der Waals surface area contributed by atoms with Crippen LogP contribution in [0.25, 0.3) is 5.52 Å². The second kappa shape index (κ2) is 6.04. The van der Waals surface area contributed by atoms with Gasteiger partial charge in [0, 0.05) is 18.4 Å². The molecule has 0 saturated heterocycles. The Kier molecular flexibility index (Phi) is 4.40. The maximum atomic E-state index is 4.59. The lowest BCUT2D eigenvalue weighted by Gasteiger charge is -2.17. The van der Waals surface area contributed by atoms with Gasteiger partial charge in [0.1, 0.15) is 5.52 Å². The largest absolute Gasteiger partial charge is 0.366 e. The molecule has 0 bridgehead atoms. The fourth-order valence-corrected chi connectivity index (χ4v) is 2.25. The van der Waals surface area contributed by atoms with Gasteiger partial charge in [-0.3, -0.25) is 0 Å². The Morgan fingerprint density at radius 1 is 1.32 bits per heavy atom. The summed E-state index contributed by atoms with van der Waals surface area (Å²) in [4.78, 5) is 4.48.